The van der Waals surface area contributed by atoms with Gasteiger partial charge < -0.3 is 0 Å². The molecule has 0 aliphatic carbocycles. The van der Waals surface area contributed by atoms with Crippen LogP contribution in [-0.4, -0.2) is 0 Å². The first-order chi connectivity index (χ1) is 23.1. The third-order valence-corrected chi connectivity index (χ3v) is 11.0. The maximum Gasteiger partial charge on any atom is -0.00139 e. The molecule has 0 nitrogen and oxygen atoms in total. The first-order valence-corrected chi connectivity index (χ1v) is 17.2. The highest BCUT2D eigenvalue weighted by Crippen LogP contribution is 2.50. The molecule has 8 aromatic rings. The van der Waals surface area contributed by atoms with Crippen LogP contribution >= 0.6 is 0 Å². The summed E-state index contributed by atoms with van der Waals surface area (Å²) in [4.78, 5) is 0. The predicted octanol–water partition coefficient (Wildman–Crippen LogP) is 13.7. The summed E-state index contributed by atoms with van der Waals surface area (Å²) < 4.78 is 0. The van der Waals surface area contributed by atoms with Crippen LogP contribution in [0, 0.1) is 55.4 Å². The first-order valence-electron chi connectivity index (χ1n) is 17.2. The molecule has 0 aromatic heterocycles. The second kappa shape index (κ2) is 11.2. The van der Waals surface area contributed by atoms with Gasteiger partial charge in [0.05, 0.1) is 0 Å². The Morgan fingerprint density at radius 1 is 0.271 bits per heavy atom. The molecule has 0 amide bonds. The van der Waals surface area contributed by atoms with Crippen molar-refractivity contribution >= 4 is 32.3 Å². The lowest BCUT2D eigenvalue weighted by molar-refractivity contribution is 1.34. The zero-order valence-corrected chi connectivity index (χ0v) is 29.4. The van der Waals surface area contributed by atoms with Crippen LogP contribution in [0.4, 0.5) is 0 Å². The van der Waals surface area contributed by atoms with Gasteiger partial charge in [0.25, 0.3) is 0 Å². The second-order valence-corrected chi connectivity index (χ2v) is 14.1. The van der Waals surface area contributed by atoms with Gasteiger partial charge in [0.15, 0.2) is 0 Å². The molecule has 0 unspecified atom stereocenters. The monoisotopic (exact) mass is 618 g/mol. The van der Waals surface area contributed by atoms with Crippen molar-refractivity contribution in [3.63, 3.8) is 0 Å². The SMILES string of the molecule is Cc1ccc(-c2cc(-c3c(C)cccc3C)c3ccc4c(-c5c(C)cccc5C)cc(-c5ccc(C)c(C)c5)c5ccc2c3c54)cc1C. The Balaban J connectivity index is 1.62. The average molecular weight is 619 g/mol. The van der Waals surface area contributed by atoms with Gasteiger partial charge in [-0.1, -0.05) is 97.1 Å². The van der Waals surface area contributed by atoms with Gasteiger partial charge in [-0.25, -0.2) is 0 Å². The Kier molecular flexibility index (Phi) is 7.04. The number of aryl methyl sites for hydroxylation is 8. The first kappa shape index (κ1) is 30.2. The van der Waals surface area contributed by atoms with Gasteiger partial charge in [0, 0.05) is 0 Å². The van der Waals surface area contributed by atoms with Crippen molar-refractivity contribution in [3.8, 4) is 44.5 Å². The van der Waals surface area contributed by atoms with Crippen molar-refractivity contribution in [1.82, 2.24) is 0 Å². The summed E-state index contributed by atoms with van der Waals surface area (Å²) >= 11 is 0. The summed E-state index contributed by atoms with van der Waals surface area (Å²) in [5.41, 5.74) is 20.9. The minimum Gasteiger partial charge on any atom is -0.0617 e. The molecular formula is C48H42. The topological polar surface area (TPSA) is 0 Å². The summed E-state index contributed by atoms with van der Waals surface area (Å²) in [6.07, 6.45) is 0. The van der Waals surface area contributed by atoms with E-state index in [4.69, 9.17) is 0 Å². The van der Waals surface area contributed by atoms with E-state index in [2.05, 4.69) is 165 Å². The van der Waals surface area contributed by atoms with Gasteiger partial charge in [-0.2, -0.15) is 0 Å². The van der Waals surface area contributed by atoms with Crippen LogP contribution in [-0.2, 0) is 0 Å². The Morgan fingerprint density at radius 3 is 0.938 bits per heavy atom. The Labute approximate surface area is 285 Å². The van der Waals surface area contributed by atoms with E-state index in [1.54, 1.807) is 0 Å². The summed E-state index contributed by atoms with van der Waals surface area (Å²) in [7, 11) is 0. The molecule has 0 aliphatic heterocycles. The fourth-order valence-corrected chi connectivity index (χ4v) is 8.18. The summed E-state index contributed by atoms with van der Waals surface area (Å²) in [5, 5.41) is 7.97. The minimum absolute atomic E-state index is 1.27. The molecule has 0 atom stereocenters. The van der Waals surface area contributed by atoms with Crippen LogP contribution in [0.25, 0.3) is 76.8 Å². The lowest BCUT2D eigenvalue weighted by atomic mass is 9.80. The maximum absolute atomic E-state index is 2.47. The number of hydrogen-bond donors (Lipinski definition) is 0. The smallest absolute Gasteiger partial charge is 0.00139 e. The van der Waals surface area contributed by atoms with Crippen molar-refractivity contribution in [1.29, 1.82) is 0 Å². The normalized spacial score (nSPS) is 11.8. The summed E-state index contributed by atoms with van der Waals surface area (Å²) in [5.74, 6) is 0. The number of rotatable bonds is 4. The standard InChI is InChI=1S/C48H42/c1-27-15-17-35(23-33(27)7)41-25-43(45-29(3)11-9-12-30(45)4)39-21-22-40-44(46-31(5)13-10-14-32(46)6)26-42(36-18-16-28(2)34(8)24-36)38-20-19-37(41)47(39)48(38)40/h9-26H,1-8H3. The Hall–Kier alpha value is -5.20. The van der Waals surface area contributed by atoms with Gasteiger partial charge in [-0.15, -0.1) is 0 Å². The summed E-state index contributed by atoms with van der Waals surface area (Å²) in [6.45, 7) is 17.9. The molecule has 8 aromatic carbocycles. The van der Waals surface area contributed by atoms with Crippen molar-refractivity contribution in [3.05, 3.63) is 154 Å². The molecule has 0 bridgehead atoms. The van der Waals surface area contributed by atoms with Gasteiger partial charge in [-0.3, -0.25) is 0 Å². The molecule has 0 heteroatoms. The largest absolute Gasteiger partial charge is 0.0617 e. The highest BCUT2D eigenvalue weighted by molar-refractivity contribution is 6.32. The zero-order valence-electron chi connectivity index (χ0n) is 29.4. The average Bonchev–Trinajstić information content (AvgIpc) is 3.06. The van der Waals surface area contributed by atoms with E-state index in [9.17, 15) is 0 Å². The molecule has 0 N–H and O–H groups in total. The molecule has 0 spiro atoms. The molecule has 234 valence electrons. The lowest BCUT2D eigenvalue weighted by Gasteiger charge is -2.23. The molecule has 0 aliphatic rings. The van der Waals surface area contributed by atoms with E-state index >= 15 is 0 Å². The fraction of sp³-hybridized carbons (Fsp3) is 0.167. The molecule has 0 saturated heterocycles. The van der Waals surface area contributed by atoms with Crippen LogP contribution in [0.15, 0.2) is 109 Å². The molecule has 48 heavy (non-hydrogen) atoms. The second-order valence-electron chi connectivity index (χ2n) is 14.1. The van der Waals surface area contributed by atoms with Crippen LogP contribution in [0.3, 0.4) is 0 Å². The molecule has 0 radical (unpaired) electrons. The third kappa shape index (κ3) is 4.58. The van der Waals surface area contributed by atoms with Gasteiger partial charge >= 0.3 is 0 Å². The van der Waals surface area contributed by atoms with Gasteiger partial charge in [0.1, 0.15) is 0 Å². The maximum atomic E-state index is 2.47. The van der Waals surface area contributed by atoms with Crippen LogP contribution in [0.5, 0.6) is 0 Å². The minimum atomic E-state index is 1.27. The van der Waals surface area contributed by atoms with Gasteiger partial charge in [0.2, 0.25) is 0 Å². The van der Waals surface area contributed by atoms with E-state index in [1.165, 1.54) is 121 Å². The van der Waals surface area contributed by atoms with Crippen molar-refractivity contribution in [2.24, 2.45) is 0 Å². The van der Waals surface area contributed by atoms with E-state index in [-0.39, 0.29) is 0 Å². The lowest BCUT2D eigenvalue weighted by Crippen LogP contribution is -1.97. The molecule has 0 heterocycles. The Bertz CT molecular complexity index is 2350. The Morgan fingerprint density at radius 2 is 0.604 bits per heavy atom. The number of hydrogen-bond acceptors (Lipinski definition) is 0. The fourth-order valence-electron chi connectivity index (χ4n) is 8.18. The summed E-state index contributed by atoms with van der Waals surface area (Å²) in [6, 6.07) is 41.9. The van der Waals surface area contributed by atoms with E-state index < -0.39 is 0 Å². The molecule has 0 fully saturated rings. The molecular weight excluding hydrogens is 577 g/mol. The number of benzene rings is 8. The van der Waals surface area contributed by atoms with Crippen LogP contribution < -0.4 is 0 Å². The highest BCUT2D eigenvalue weighted by Gasteiger charge is 2.23. The van der Waals surface area contributed by atoms with E-state index in [0.29, 0.717) is 0 Å². The van der Waals surface area contributed by atoms with E-state index in [1.807, 2.05) is 0 Å². The third-order valence-electron chi connectivity index (χ3n) is 11.0. The van der Waals surface area contributed by atoms with E-state index in [0.717, 1.165) is 0 Å². The molecule has 0 saturated carbocycles. The van der Waals surface area contributed by atoms with Crippen molar-refractivity contribution in [2.45, 2.75) is 55.4 Å². The van der Waals surface area contributed by atoms with Gasteiger partial charge in [-0.05, 0) is 189 Å². The van der Waals surface area contributed by atoms with Crippen LogP contribution in [0.1, 0.15) is 44.5 Å². The highest BCUT2D eigenvalue weighted by atomic mass is 14.3. The molecule has 8 rings (SSSR count). The van der Waals surface area contributed by atoms with Crippen molar-refractivity contribution in [2.75, 3.05) is 0 Å². The zero-order chi connectivity index (χ0) is 33.4. The predicted molar refractivity (Wildman–Crippen MR) is 210 cm³/mol. The van der Waals surface area contributed by atoms with Crippen molar-refractivity contribution < 1.29 is 0 Å². The van der Waals surface area contributed by atoms with Crippen LogP contribution in [0.2, 0.25) is 0 Å². The quantitative estimate of drug-likeness (QED) is 0.172.